The fourth-order valence-electron chi connectivity index (χ4n) is 3.76. The second kappa shape index (κ2) is 9.20. The Kier molecular flexibility index (Phi) is 6.79. The van der Waals surface area contributed by atoms with Crippen molar-refractivity contribution in [3.8, 4) is 16.9 Å². The number of anilines is 1. The van der Waals surface area contributed by atoms with Crippen molar-refractivity contribution in [1.29, 1.82) is 0 Å². The molecule has 0 aliphatic rings. The Balaban J connectivity index is 2.02. The van der Waals surface area contributed by atoms with Gasteiger partial charge < -0.3 is 9.72 Å². The second-order valence-electron chi connectivity index (χ2n) is 8.95. The third-order valence-corrected chi connectivity index (χ3v) is 5.83. The van der Waals surface area contributed by atoms with Crippen LogP contribution in [0.3, 0.4) is 0 Å². The van der Waals surface area contributed by atoms with Gasteiger partial charge in [0.05, 0.1) is 13.4 Å². The summed E-state index contributed by atoms with van der Waals surface area (Å²) in [6.45, 7) is 6.36. The molecule has 0 radical (unpaired) electrons. The minimum Gasteiger partial charge on any atom is -0.496 e. The Bertz CT molecular complexity index is 1270. The van der Waals surface area contributed by atoms with E-state index in [0.29, 0.717) is 24.1 Å². The highest BCUT2D eigenvalue weighted by molar-refractivity contribution is 7.92. The van der Waals surface area contributed by atoms with E-state index in [1.807, 2.05) is 42.5 Å². The lowest BCUT2D eigenvalue weighted by Gasteiger charge is -2.25. The van der Waals surface area contributed by atoms with Gasteiger partial charge in [0, 0.05) is 23.0 Å². The summed E-state index contributed by atoms with van der Waals surface area (Å²) in [5, 5.41) is 0. The summed E-state index contributed by atoms with van der Waals surface area (Å²) in [6, 6.07) is 15.0. The van der Waals surface area contributed by atoms with Crippen molar-refractivity contribution in [2.45, 2.75) is 39.0 Å². The van der Waals surface area contributed by atoms with Gasteiger partial charge in [0.15, 0.2) is 0 Å². The smallest absolute Gasteiger partial charge is 0.255 e. The number of aromatic amines is 1. The second-order valence-corrected chi connectivity index (χ2v) is 10.7. The van der Waals surface area contributed by atoms with Crippen LogP contribution in [0.4, 0.5) is 5.69 Å². The summed E-state index contributed by atoms with van der Waals surface area (Å²) in [6.07, 6.45) is 4.12. The predicted molar refractivity (Wildman–Crippen MR) is 130 cm³/mol. The Morgan fingerprint density at radius 3 is 2.41 bits per heavy atom. The highest BCUT2D eigenvalue weighted by atomic mass is 32.2. The van der Waals surface area contributed by atoms with Gasteiger partial charge in [-0.05, 0) is 71.3 Å². The number of aryl methyl sites for hydroxylation is 2. The minimum atomic E-state index is -3.34. The fourth-order valence-corrected chi connectivity index (χ4v) is 4.32. The van der Waals surface area contributed by atoms with Gasteiger partial charge in [0.2, 0.25) is 10.0 Å². The van der Waals surface area contributed by atoms with Gasteiger partial charge in [-0.2, -0.15) is 0 Å². The van der Waals surface area contributed by atoms with Gasteiger partial charge in [-0.1, -0.05) is 32.9 Å². The summed E-state index contributed by atoms with van der Waals surface area (Å²) >= 11 is 0. The maximum Gasteiger partial charge on any atom is 0.255 e. The molecular weight excluding hydrogens is 424 g/mol. The number of nitrogens with one attached hydrogen (secondary N) is 2. The normalized spacial score (nSPS) is 11.9. The maximum atomic E-state index is 12.4. The molecule has 0 unspecified atom stereocenters. The van der Waals surface area contributed by atoms with Crippen LogP contribution in [0.15, 0.2) is 59.5 Å². The van der Waals surface area contributed by atoms with Gasteiger partial charge >= 0.3 is 0 Å². The van der Waals surface area contributed by atoms with Crippen LogP contribution in [-0.2, 0) is 28.3 Å². The molecule has 0 spiro atoms. The first kappa shape index (κ1) is 23.6. The molecule has 1 heterocycles. The van der Waals surface area contributed by atoms with E-state index in [4.69, 9.17) is 4.74 Å². The highest BCUT2D eigenvalue weighted by Crippen LogP contribution is 2.38. The Labute approximate surface area is 189 Å². The first-order valence-electron chi connectivity index (χ1n) is 10.4. The largest absolute Gasteiger partial charge is 0.496 e. The van der Waals surface area contributed by atoms with Crippen molar-refractivity contribution in [1.82, 2.24) is 4.98 Å². The monoisotopic (exact) mass is 454 g/mol. The number of sulfonamides is 1. The van der Waals surface area contributed by atoms with E-state index in [2.05, 4.69) is 30.5 Å². The predicted octanol–water partition coefficient (Wildman–Crippen LogP) is 4.50. The minimum absolute atomic E-state index is 0.136. The lowest BCUT2D eigenvalue weighted by atomic mass is 9.82. The molecule has 170 valence electrons. The number of H-pyrrole nitrogens is 1. The molecule has 6 nitrogen and oxygen atoms in total. The molecule has 0 saturated heterocycles. The fraction of sp³-hybridized carbons (Fsp3) is 0.320. The maximum absolute atomic E-state index is 12.4. The Morgan fingerprint density at radius 1 is 1.03 bits per heavy atom. The number of methoxy groups -OCH3 is 1. The van der Waals surface area contributed by atoms with Crippen LogP contribution in [0.25, 0.3) is 11.1 Å². The van der Waals surface area contributed by atoms with Crippen LogP contribution in [0, 0.1) is 0 Å². The molecule has 0 fully saturated rings. The molecule has 0 aliphatic heterocycles. The van der Waals surface area contributed by atoms with E-state index in [1.165, 1.54) is 0 Å². The van der Waals surface area contributed by atoms with E-state index in [-0.39, 0.29) is 11.0 Å². The third-order valence-electron chi connectivity index (χ3n) is 5.22. The molecule has 3 aromatic rings. The first-order valence-corrected chi connectivity index (χ1v) is 12.3. The standard InChI is InChI=1S/C25H30N2O4S/c1-25(2,3)22-16-19(21-10-7-13-26-24(21)28)15-18(23(22)31-4)12-11-17-8-6-9-20(14-17)27-32(5,29)30/h6-10,13-16,27H,11-12H2,1-5H3,(H,26,28). The molecule has 2 aromatic carbocycles. The molecular formula is C25H30N2O4S. The molecule has 32 heavy (non-hydrogen) atoms. The van der Waals surface area contributed by atoms with Gasteiger partial charge in [0.25, 0.3) is 5.56 Å². The average Bonchev–Trinajstić information content (AvgIpc) is 2.70. The van der Waals surface area contributed by atoms with Crippen LogP contribution >= 0.6 is 0 Å². The zero-order chi connectivity index (χ0) is 23.5. The van der Waals surface area contributed by atoms with Gasteiger partial charge in [0.1, 0.15) is 5.75 Å². The molecule has 0 amide bonds. The molecule has 0 aliphatic carbocycles. The summed E-state index contributed by atoms with van der Waals surface area (Å²) in [4.78, 5) is 15.2. The molecule has 1 aromatic heterocycles. The van der Waals surface area contributed by atoms with Crippen LogP contribution in [-0.4, -0.2) is 26.8 Å². The van der Waals surface area contributed by atoms with Crippen molar-refractivity contribution in [3.63, 3.8) is 0 Å². The van der Waals surface area contributed by atoms with Gasteiger partial charge in [-0.3, -0.25) is 9.52 Å². The lowest BCUT2D eigenvalue weighted by Crippen LogP contribution is -2.16. The number of hydrogen-bond donors (Lipinski definition) is 2. The molecule has 7 heteroatoms. The Morgan fingerprint density at radius 2 is 1.78 bits per heavy atom. The number of benzene rings is 2. The van der Waals surface area contributed by atoms with Crippen LogP contribution in [0.2, 0.25) is 0 Å². The van der Waals surface area contributed by atoms with Crippen molar-refractivity contribution in [2.75, 3.05) is 18.1 Å². The van der Waals surface area contributed by atoms with E-state index >= 15 is 0 Å². The van der Waals surface area contributed by atoms with Crippen LogP contribution in [0.1, 0.15) is 37.5 Å². The summed E-state index contributed by atoms with van der Waals surface area (Å²) < 4.78 is 31.4. The van der Waals surface area contributed by atoms with Crippen molar-refractivity contribution >= 4 is 15.7 Å². The average molecular weight is 455 g/mol. The summed E-state index contributed by atoms with van der Waals surface area (Å²) in [5.74, 6) is 0.819. The molecule has 2 N–H and O–H groups in total. The quantitative estimate of drug-likeness (QED) is 0.550. The van der Waals surface area contributed by atoms with Crippen molar-refractivity contribution in [2.24, 2.45) is 0 Å². The zero-order valence-corrected chi connectivity index (χ0v) is 20.0. The number of pyridine rings is 1. The van der Waals surface area contributed by atoms with Crippen molar-refractivity contribution in [3.05, 3.63) is 81.8 Å². The van der Waals surface area contributed by atoms with E-state index < -0.39 is 10.0 Å². The van der Waals surface area contributed by atoms with E-state index in [1.54, 1.807) is 19.4 Å². The number of hydrogen-bond acceptors (Lipinski definition) is 4. The van der Waals surface area contributed by atoms with E-state index in [0.717, 1.165) is 34.3 Å². The van der Waals surface area contributed by atoms with Crippen molar-refractivity contribution < 1.29 is 13.2 Å². The zero-order valence-electron chi connectivity index (χ0n) is 19.2. The number of aromatic nitrogens is 1. The molecule has 3 rings (SSSR count). The van der Waals surface area contributed by atoms with E-state index in [9.17, 15) is 13.2 Å². The van der Waals surface area contributed by atoms with Crippen LogP contribution < -0.4 is 15.0 Å². The molecule has 0 atom stereocenters. The summed E-state index contributed by atoms with van der Waals surface area (Å²) in [7, 11) is -1.67. The highest BCUT2D eigenvalue weighted by Gasteiger charge is 2.23. The molecule has 0 saturated carbocycles. The first-order chi connectivity index (χ1) is 15.0. The van der Waals surface area contributed by atoms with Crippen LogP contribution in [0.5, 0.6) is 5.75 Å². The third kappa shape index (κ3) is 5.79. The molecule has 0 bridgehead atoms. The number of ether oxygens (including phenoxy) is 1. The summed E-state index contributed by atoms with van der Waals surface area (Å²) in [5.41, 5.74) is 4.71. The topological polar surface area (TPSA) is 88.3 Å². The lowest BCUT2D eigenvalue weighted by molar-refractivity contribution is 0.392. The Hall–Kier alpha value is -3.06. The van der Waals surface area contributed by atoms with Gasteiger partial charge in [-0.15, -0.1) is 0 Å². The van der Waals surface area contributed by atoms with Gasteiger partial charge in [-0.25, -0.2) is 8.42 Å². The number of rotatable bonds is 7. The SMILES string of the molecule is COc1c(CCc2cccc(NS(C)(=O)=O)c2)cc(-c2ccc[nH]c2=O)cc1C(C)(C)C.